The molecule has 2 aromatic rings. The molecular formula is C16H14F2N2O2. The number of anilines is 1. The van der Waals surface area contributed by atoms with Crippen LogP contribution in [0, 0.1) is 11.6 Å². The highest BCUT2D eigenvalue weighted by molar-refractivity contribution is 5.94. The van der Waals surface area contributed by atoms with Crippen molar-refractivity contribution in [3.63, 3.8) is 0 Å². The molecule has 0 aliphatic carbocycles. The van der Waals surface area contributed by atoms with Crippen molar-refractivity contribution in [2.45, 2.75) is 13.5 Å². The van der Waals surface area contributed by atoms with E-state index in [1.807, 2.05) is 0 Å². The highest BCUT2D eigenvalue weighted by Crippen LogP contribution is 2.11. The van der Waals surface area contributed by atoms with E-state index in [9.17, 15) is 18.4 Å². The van der Waals surface area contributed by atoms with Gasteiger partial charge in [-0.3, -0.25) is 9.59 Å². The minimum Gasteiger partial charge on any atom is -0.348 e. The average Bonchev–Trinajstić information content (AvgIpc) is 2.48. The van der Waals surface area contributed by atoms with Gasteiger partial charge in [0.2, 0.25) is 5.91 Å². The summed E-state index contributed by atoms with van der Waals surface area (Å²) in [5, 5.41) is 5.13. The first-order valence-electron chi connectivity index (χ1n) is 6.55. The zero-order valence-corrected chi connectivity index (χ0v) is 11.8. The van der Waals surface area contributed by atoms with E-state index >= 15 is 0 Å². The number of benzene rings is 2. The number of carbonyl (C=O) groups is 2. The standard InChI is InChI=1S/C16H14F2N2O2/c1-10(21)20-13-5-2-11(3-6-13)9-19-16(22)14-8-12(17)4-7-15(14)18/h2-8H,9H2,1H3,(H,19,22)(H,20,21). The molecule has 0 aliphatic rings. The van der Waals surface area contributed by atoms with E-state index in [1.165, 1.54) is 6.92 Å². The number of amides is 2. The zero-order valence-electron chi connectivity index (χ0n) is 11.8. The van der Waals surface area contributed by atoms with Crippen molar-refractivity contribution in [1.29, 1.82) is 0 Å². The highest BCUT2D eigenvalue weighted by Gasteiger charge is 2.12. The van der Waals surface area contributed by atoms with Gasteiger partial charge in [0.05, 0.1) is 5.56 Å². The molecule has 0 saturated carbocycles. The second kappa shape index (κ2) is 6.80. The normalized spacial score (nSPS) is 10.1. The summed E-state index contributed by atoms with van der Waals surface area (Å²) in [7, 11) is 0. The third kappa shape index (κ3) is 4.12. The summed E-state index contributed by atoms with van der Waals surface area (Å²) in [6.45, 7) is 1.57. The summed E-state index contributed by atoms with van der Waals surface area (Å²) in [4.78, 5) is 22.7. The molecule has 0 spiro atoms. The van der Waals surface area contributed by atoms with Gasteiger partial charge in [0.25, 0.3) is 5.91 Å². The molecule has 2 aromatic carbocycles. The molecular weight excluding hydrogens is 290 g/mol. The summed E-state index contributed by atoms with van der Waals surface area (Å²) in [5.74, 6) is -2.32. The maximum absolute atomic E-state index is 13.5. The average molecular weight is 304 g/mol. The largest absolute Gasteiger partial charge is 0.348 e. The Balaban J connectivity index is 1.99. The molecule has 2 N–H and O–H groups in total. The monoisotopic (exact) mass is 304 g/mol. The molecule has 4 nitrogen and oxygen atoms in total. The first-order chi connectivity index (χ1) is 10.5. The fourth-order valence-corrected chi connectivity index (χ4v) is 1.86. The number of hydrogen-bond donors (Lipinski definition) is 2. The summed E-state index contributed by atoms with van der Waals surface area (Å²) in [5.41, 5.74) is 1.06. The molecule has 0 atom stereocenters. The van der Waals surface area contributed by atoms with Crippen LogP contribution < -0.4 is 10.6 Å². The van der Waals surface area contributed by atoms with Crippen molar-refractivity contribution >= 4 is 17.5 Å². The number of nitrogens with one attached hydrogen (secondary N) is 2. The number of halogens is 2. The molecule has 2 rings (SSSR count). The van der Waals surface area contributed by atoms with Crippen molar-refractivity contribution < 1.29 is 18.4 Å². The summed E-state index contributed by atoms with van der Waals surface area (Å²) in [6, 6.07) is 9.52. The van der Waals surface area contributed by atoms with Crippen molar-refractivity contribution in [2.75, 3.05) is 5.32 Å². The number of carbonyl (C=O) groups excluding carboxylic acids is 2. The van der Waals surface area contributed by atoms with Crippen LogP contribution in [0.1, 0.15) is 22.8 Å². The molecule has 0 unspecified atom stereocenters. The van der Waals surface area contributed by atoms with E-state index in [2.05, 4.69) is 10.6 Å². The van der Waals surface area contributed by atoms with Crippen LogP contribution in [0.5, 0.6) is 0 Å². The van der Waals surface area contributed by atoms with Crippen LogP contribution in [0.4, 0.5) is 14.5 Å². The highest BCUT2D eigenvalue weighted by atomic mass is 19.1. The first kappa shape index (κ1) is 15.6. The third-order valence-corrected chi connectivity index (χ3v) is 2.90. The molecule has 6 heteroatoms. The smallest absolute Gasteiger partial charge is 0.254 e. The molecule has 0 bridgehead atoms. The molecule has 0 fully saturated rings. The van der Waals surface area contributed by atoms with Crippen LogP contribution in [-0.2, 0) is 11.3 Å². The topological polar surface area (TPSA) is 58.2 Å². The quantitative estimate of drug-likeness (QED) is 0.912. The first-order valence-corrected chi connectivity index (χ1v) is 6.55. The molecule has 0 aromatic heterocycles. The van der Waals surface area contributed by atoms with Gasteiger partial charge < -0.3 is 10.6 Å². The SMILES string of the molecule is CC(=O)Nc1ccc(CNC(=O)c2cc(F)ccc2F)cc1. The number of hydrogen-bond acceptors (Lipinski definition) is 2. The van der Waals surface area contributed by atoms with Crippen LogP contribution in [0.2, 0.25) is 0 Å². The van der Waals surface area contributed by atoms with Crippen LogP contribution in [0.15, 0.2) is 42.5 Å². The van der Waals surface area contributed by atoms with Crippen molar-refractivity contribution in [3.8, 4) is 0 Å². The van der Waals surface area contributed by atoms with Crippen LogP contribution in [-0.4, -0.2) is 11.8 Å². The van der Waals surface area contributed by atoms with E-state index in [0.29, 0.717) is 5.69 Å². The maximum Gasteiger partial charge on any atom is 0.254 e. The summed E-state index contributed by atoms with van der Waals surface area (Å²) >= 11 is 0. The Morgan fingerprint density at radius 2 is 1.73 bits per heavy atom. The van der Waals surface area contributed by atoms with E-state index in [-0.39, 0.29) is 18.0 Å². The summed E-state index contributed by atoms with van der Waals surface area (Å²) < 4.78 is 26.5. The summed E-state index contributed by atoms with van der Waals surface area (Å²) in [6.07, 6.45) is 0. The second-order valence-electron chi connectivity index (χ2n) is 4.68. The van der Waals surface area contributed by atoms with Crippen molar-refractivity contribution in [1.82, 2.24) is 5.32 Å². The van der Waals surface area contributed by atoms with Gasteiger partial charge in [-0.05, 0) is 35.9 Å². The van der Waals surface area contributed by atoms with Gasteiger partial charge in [-0.15, -0.1) is 0 Å². The van der Waals surface area contributed by atoms with Crippen LogP contribution in [0.3, 0.4) is 0 Å². The molecule has 0 radical (unpaired) electrons. The molecule has 2 amide bonds. The fraction of sp³-hybridized carbons (Fsp3) is 0.125. The molecule has 0 saturated heterocycles. The van der Waals surface area contributed by atoms with E-state index < -0.39 is 17.5 Å². The van der Waals surface area contributed by atoms with Gasteiger partial charge in [-0.2, -0.15) is 0 Å². The van der Waals surface area contributed by atoms with Crippen LogP contribution in [0.25, 0.3) is 0 Å². The lowest BCUT2D eigenvalue weighted by molar-refractivity contribution is -0.114. The minimum atomic E-state index is -0.778. The fourth-order valence-electron chi connectivity index (χ4n) is 1.86. The van der Waals surface area contributed by atoms with Gasteiger partial charge in [0.1, 0.15) is 11.6 Å². The van der Waals surface area contributed by atoms with Crippen molar-refractivity contribution in [2.24, 2.45) is 0 Å². The van der Waals surface area contributed by atoms with Crippen molar-refractivity contribution in [3.05, 3.63) is 65.2 Å². The van der Waals surface area contributed by atoms with Gasteiger partial charge in [-0.25, -0.2) is 8.78 Å². The third-order valence-electron chi connectivity index (χ3n) is 2.90. The molecule has 22 heavy (non-hydrogen) atoms. The minimum absolute atomic E-state index is 0.162. The predicted molar refractivity (Wildman–Crippen MR) is 78.3 cm³/mol. The Bertz CT molecular complexity index is 700. The second-order valence-corrected chi connectivity index (χ2v) is 4.68. The Labute approximate surface area is 126 Å². The zero-order chi connectivity index (χ0) is 16.1. The van der Waals surface area contributed by atoms with E-state index in [4.69, 9.17) is 0 Å². The number of rotatable bonds is 4. The molecule has 0 heterocycles. The lowest BCUT2D eigenvalue weighted by Gasteiger charge is -2.08. The Morgan fingerprint density at radius 3 is 2.36 bits per heavy atom. The maximum atomic E-state index is 13.5. The predicted octanol–water partition coefficient (Wildman–Crippen LogP) is 2.85. The van der Waals surface area contributed by atoms with Gasteiger partial charge >= 0.3 is 0 Å². The van der Waals surface area contributed by atoms with Crippen LogP contribution >= 0.6 is 0 Å². The molecule has 114 valence electrons. The lowest BCUT2D eigenvalue weighted by Crippen LogP contribution is -2.24. The van der Waals surface area contributed by atoms with Gasteiger partial charge in [-0.1, -0.05) is 12.1 Å². The Kier molecular flexibility index (Phi) is 4.83. The Hall–Kier alpha value is -2.76. The van der Waals surface area contributed by atoms with E-state index in [1.54, 1.807) is 24.3 Å². The van der Waals surface area contributed by atoms with E-state index in [0.717, 1.165) is 23.8 Å². The lowest BCUT2D eigenvalue weighted by atomic mass is 10.1. The molecule has 0 aliphatic heterocycles. The van der Waals surface area contributed by atoms with Gasteiger partial charge in [0, 0.05) is 19.2 Å². The van der Waals surface area contributed by atoms with Gasteiger partial charge in [0.15, 0.2) is 0 Å². The Morgan fingerprint density at radius 1 is 1.05 bits per heavy atom.